The van der Waals surface area contributed by atoms with Gasteiger partial charge in [0.1, 0.15) is 0 Å². The third-order valence-corrected chi connectivity index (χ3v) is 1.96. The minimum absolute atomic E-state index is 0.362. The van der Waals surface area contributed by atoms with Crippen LogP contribution in [0.25, 0.3) is 0 Å². The molecule has 0 fully saturated rings. The molecule has 0 aliphatic rings. The predicted octanol–water partition coefficient (Wildman–Crippen LogP) is 3.60. The predicted molar refractivity (Wildman–Crippen MR) is 42.5 cm³/mol. The molecule has 3 heteroatoms. The van der Waals surface area contributed by atoms with E-state index >= 15 is 0 Å². The van der Waals surface area contributed by atoms with Crippen molar-refractivity contribution in [3.8, 4) is 0 Å². The Hall–Kier alpha value is 0.540. The molecule has 0 bridgehead atoms. The maximum absolute atomic E-state index is 5.55. The van der Waals surface area contributed by atoms with E-state index in [2.05, 4.69) is 22.5 Å². The quantitative estimate of drug-likeness (QED) is 0.587. The van der Waals surface area contributed by atoms with Crippen LogP contribution in [-0.2, 0) is 0 Å². The second-order valence-electron chi connectivity index (χ2n) is 1.25. The number of allylic oxidation sites excluding steroid dienone is 3. The Balaban J connectivity index is 4.23. The molecule has 0 radical (unpaired) electrons. The van der Waals surface area contributed by atoms with Crippen LogP contribution in [0.15, 0.2) is 21.1 Å². The molecule has 46 valence electrons. The summed E-state index contributed by atoms with van der Waals surface area (Å²) < 4.78 is 0.805. The highest BCUT2D eigenvalue weighted by atomic mass is 79.9. The molecular weight excluding hydrogens is 211 g/mol. The molecule has 0 saturated heterocycles. The minimum atomic E-state index is 0.362. The fraction of sp³-hybridized carbons (Fsp3) is 0.200. The Morgan fingerprint density at radius 1 is 1.50 bits per heavy atom. The Labute approximate surface area is 67.3 Å². The monoisotopic (exact) mass is 214 g/mol. The van der Waals surface area contributed by atoms with E-state index in [1.54, 1.807) is 6.92 Å². The number of hydrogen-bond acceptors (Lipinski definition) is 0. The van der Waals surface area contributed by atoms with Crippen molar-refractivity contribution in [2.75, 3.05) is 0 Å². The molecule has 0 spiro atoms. The van der Waals surface area contributed by atoms with Crippen LogP contribution in [0.2, 0.25) is 0 Å². The van der Waals surface area contributed by atoms with Crippen molar-refractivity contribution < 1.29 is 0 Å². The van der Waals surface area contributed by atoms with Crippen molar-refractivity contribution in [2.24, 2.45) is 0 Å². The van der Waals surface area contributed by atoms with Crippen LogP contribution in [0.1, 0.15) is 6.92 Å². The number of halogens is 3. The first-order valence-electron chi connectivity index (χ1n) is 1.92. The SMILES string of the molecule is C=C(Cl)C(Cl)=C(C)Br. The van der Waals surface area contributed by atoms with Gasteiger partial charge in [-0.3, -0.25) is 0 Å². The zero-order valence-corrected chi connectivity index (χ0v) is 7.44. The first kappa shape index (κ1) is 8.54. The summed E-state index contributed by atoms with van der Waals surface area (Å²) >= 11 is 14.1. The van der Waals surface area contributed by atoms with Crippen molar-refractivity contribution in [2.45, 2.75) is 6.92 Å². The van der Waals surface area contributed by atoms with E-state index in [-0.39, 0.29) is 0 Å². The summed E-state index contributed by atoms with van der Waals surface area (Å²) in [7, 11) is 0. The Bertz CT molecular complexity index is 133. The van der Waals surface area contributed by atoms with Gasteiger partial charge >= 0.3 is 0 Å². The lowest BCUT2D eigenvalue weighted by Gasteiger charge is -1.92. The Kier molecular flexibility index (Phi) is 3.78. The number of rotatable bonds is 1. The topological polar surface area (TPSA) is 0 Å². The molecule has 0 amide bonds. The van der Waals surface area contributed by atoms with Gasteiger partial charge in [0.05, 0.1) is 10.1 Å². The lowest BCUT2D eigenvalue weighted by molar-refractivity contribution is 1.65. The van der Waals surface area contributed by atoms with Crippen molar-refractivity contribution in [1.82, 2.24) is 0 Å². The zero-order valence-electron chi connectivity index (χ0n) is 4.34. The van der Waals surface area contributed by atoms with Crippen LogP contribution >= 0.6 is 39.1 Å². The normalized spacial score (nSPS) is 13.0. The van der Waals surface area contributed by atoms with Gasteiger partial charge in [0, 0.05) is 4.48 Å². The summed E-state index contributed by atoms with van der Waals surface area (Å²) in [6, 6.07) is 0. The van der Waals surface area contributed by atoms with Crippen LogP contribution < -0.4 is 0 Å². The molecule has 0 N–H and O–H groups in total. The van der Waals surface area contributed by atoms with Crippen LogP contribution in [-0.4, -0.2) is 0 Å². The van der Waals surface area contributed by atoms with Gasteiger partial charge in [0.2, 0.25) is 0 Å². The van der Waals surface area contributed by atoms with Gasteiger partial charge in [-0.25, -0.2) is 0 Å². The summed E-state index contributed by atoms with van der Waals surface area (Å²) in [6.07, 6.45) is 0. The molecule has 0 aliphatic carbocycles. The largest absolute Gasteiger partial charge is 0.0833 e. The summed E-state index contributed by atoms with van der Waals surface area (Å²) in [6.45, 7) is 5.22. The van der Waals surface area contributed by atoms with Crippen LogP contribution in [0, 0.1) is 0 Å². The molecular formula is C5H5BrCl2. The van der Waals surface area contributed by atoms with Gasteiger partial charge in [-0.1, -0.05) is 45.7 Å². The number of hydrogen-bond donors (Lipinski definition) is 0. The summed E-state index contributed by atoms with van der Waals surface area (Å²) in [5.74, 6) is 0. The van der Waals surface area contributed by atoms with E-state index in [1.807, 2.05) is 0 Å². The summed E-state index contributed by atoms with van der Waals surface area (Å²) in [4.78, 5) is 0. The van der Waals surface area contributed by atoms with Gasteiger partial charge in [-0.2, -0.15) is 0 Å². The maximum atomic E-state index is 5.55. The van der Waals surface area contributed by atoms with E-state index in [9.17, 15) is 0 Å². The second-order valence-corrected chi connectivity index (χ2v) is 3.28. The highest BCUT2D eigenvalue weighted by Crippen LogP contribution is 2.23. The highest BCUT2D eigenvalue weighted by Gasteiger charge is 1.96. The van der Waals surface area contributed by atoms with Gasteiger partial charge in [0.25, 0.3) is 0 Å². The van der Waals surface area contributed by atoms with Crippen molar-refractivity contribution in [3.05, 3.63) is 21.1 Å². The van der Waals surface area contributed by atoms with Crippen molar-refractivity contribution in [1.29, 1.82) is 0 Å². The third-order valence-electron chi connectivity index (χ3n) is 0.541. The molecule has 0 nitrogen and oxygen atoms in total. The smallest absolute Gasteiger partial charge is 0.0684 e. The maximum Gasteiger partial charge on any atom is 0.0684 e. The molecule has 0 heterocycles. The van der Waals surface area contributed by atoms with E-state index in [4.69, 9.17) is 23.2 Å². The van der Waals surface area contributed by atoms with E-state index in [0.29, 0.717) is 10.1 Å². The third kappa shape index (κ3) is 2.75. The first-order chi connectivity index (χ1) is 3.55. The van der Waals surface area contributed by atoms with E-state index in [1.165, 1.54) is 0 Å². The van der Waals surface area contributed by atoms with Crippen molar-refractivity contribution >= 4 is 39.1 Å². The highest BCUT2D eigenvalue weighted by molar-refractivity contribution is 9.11. The minimum Gasteiger partial charge on any atom is -0.0833 e. The van der Waals surface area contributed by atoms with Crippen LogP contribution in [0.5, 0.6) is 0 Å². The second kappa shape index (κ2) is 3.54. The molecule has 0 saturated carbocycles. The summed E-state index contributed by atoms with van der Waals surface area (Å²) in [5.41, 5.74) is 0. The molecule has 0 aromatic rings. The van der Waals surface area contributed by atoms with E-state index in [0.717, 1.165) is 4.48 Å². The molecule has 8 heavy (non-hydrogen) atoms. The Morgan fingerprint density at radius 2 is 1.88 bits per heavy atom. The molecule has 0 unspecified atom stereocenters. The molecule has 0 aromatic heterocycles. The summed E-state index contributed by atoms with van der Waals surface area (Å²) in [5, 5.41) is 0.840. The van der Waals surface area contributed by atoms with Crippen LogP contribution in [0.4, 0.5) is 0 Å². The average molecular weight is 216 g/mol. The standard InChI is InChI=1S/C5H5BrCl2/c1-3(6)5(8)4(2)7/h2H2,1H3. The van der Waals surface area contributed by atoms with Gasteiger partial charge in [0.15, 0.2) is 0 Å². The lowest BCUT2D eigenvalue weighted by atomic mass is 10.5. The molecule has 0 rings (SSSR count). The average Bonchev–Trinajstić information content (AvgIpc) is 1.64. The van der Waals surface area contributed by atoms with Gasteiger partial charge < -0.3 is 0 Å². The van der Waals surface area contributed by atoms with Crippen LogP contribution in [0.3, 0.4) is 0 Å². The van der Waals surface area contributed by atoms with E-state index < -0.39 is 0 Å². The van der Waals surface area contributed by atoms with Gasteiger partial charge in [-0.05, 0) is 6.92 Å². The lowest BCUT2D eigenvalue weighted by Crippen LogP contribution is -1.69. The zero-order chi connectivity index (χ0) is 6.73. The fourth-order valence-corrected chi connectivity index (χ4v) is 0.682. The fourth-order valence-electron chi connectivity index (χ4n) is 0.187. The van der Waals surface area contributed by atoms with Crippen molar-refractivity contribution in [3.63, 3.8) is 0 Å². The Morgan fingerprint density at radius 3 is 1.88 bits per heavy atom. The molecule has 0 atom stereocenters. The molecule has 0 aromatic carbocycles. The van der Waals surface area contributed by atoms with Gasteiger partial charge in [-0.15, -0.1) is 0 Å². The first-order valence-corrected chi connectivity index (χ1v) is 3.47. The molecule has 0 aliphatic heterocycles.